The molecule has 0 amide bonds. The van der Waals surface area contributed by atoms with Crippen LogP contribution in [-0.2, 0) is 103 Å². The van der Waals surface area contributed by atoms with Crippen molar-refractivity contribution in [3.63, 3.8) is 0 Å². The van der Waals surface area contributed by atoms with E-state index in [0.29, 0.717) is 0 Å². The SMILES string of the molecule is c1c(CCCCC[n+]2ccc3c(c2)CCCC3)c(CCCCC[n+]2ccc3c(c2)CCCC3)cc(CCCCC[n+]2ccc3c(c2)CCCC3)c1CCCCC[n+]1ccc2c(c1)CCCC2. The Bertz CT molecular complexity index is 2000. The summed E-state index contributed by atoms with van der Waals surface area (Å²) in [6.45, 7) is 4.62. The summed E-state index contributed by atoms with van der Waals surface area (Å²) in [5.41, 5.74) is 19.5. The number of nitrogens with zero attached hydrogens (tertiary/aromatic N) is 4. The van der Waals surface area contributed by atoms with Crippen LogP contribution in [-0.4, -0.2) is 0 Å². The molecule has 5 aromatic rings. The molecule has 4 aliphatic rings. The van der Waals surface area contributed by atoms with Crippen molar-refractivity contribution in [2.45, 2.75) is 232 Å². The minimum Gasteiger partial charge on any atom is -0.205 e. The van der Waals surface area contributed by atoms with Crippen molar-refractivity contribution in [1.29, 1.82) is 0 Å². The Morgan fingerprint density at radius 2 is 0.485 bits per heavy atom. The summed E-state index contributed by atoms with van der Waals surface area (Å²) in [6.07, 6.45) is 60.8. The number of aryl methyl sites for hydroxylation is 16. The molecule has 0 bridgehead atoms. The van der Waals surface area contributed by atoms with Crippen molar-refractivity contribution in [3.05, 3.63) is 153 Å². The van der Waals surface area contributed by atoms with E-state index in [-0.39, 0.29) is 0 Å². The zero-order chi connectivity index (χ0) is 44.6. The van der Waals surface area contributed by atoms with Gasteiger partial charge in [0.1, 0.15) is 26.2 Å². The van der Waals surface area contributed by atoms with Gasteiger partial charge in [-0.2, -0.15) is 0 Å². The maximum Gasteiger partial charge on any atom is 0.172 e. The van der Waals surface area contributed by atoms with Gasteiger partial charge in [-0.25, -0.2) is 18.3 Å². The second kappa shape index (κ2) is 24.7. The van der Waals surface area contributed by atoms with E-state index in [1.54, 1.807) is 66.8 Å². The van der Waals surface area contributed by atoms with Crippen LogP contribution in [0.3, 0.4) is 0 Å². The fourth-order valence-corrected chi connectivity index (χ4v) is 12.3. The largest absolute Gasteiger partial charge is 0.205 e. The zero-order valence-corrected chi connectivity index (χ0v) is 41.3. The number of aromatic nitrogens is 4. The first-order valence-corrected chi connectivity index (χ1v) is 27.9. The van der Waals surface area contributed by atoms with Crippen molar-refractivity contribution in [3.8, 4) is 0 Å². The van der Waals surface area contributed by atoms with E-state index in [0.717, 1.165) is 26.2 Å². The van der Waals surface area contributed by atoms with E-state index in [9.17, 15) is 0 Å². The van der Waals surface area contributed by atoms with Crippen LogP contribution < -0.4 is 18.3 Å². The Morgan fingerprint density at radius 3 is 0.727 bits per heavy atom. The second-order valence-corrected chi connectivity index (χ2v) is 21.4. The Morgan fingerprint density at radius 1 is 0.258 bits per heavy atom. The third kappa shape index (κ3) is 13.5. The molecule has 0 radical (unpaired) electrons. The van der Waals surface area contributed by atoms with Crippen molar-refractivity contribution in [1.82, 2.24) is 0 Å². The van der Waals surface area contributed by atoms with Crippen LogP contribution in [0.4, 0.5) is 0 Å². The molecule has 9 rings (SSSR count). The first-order chi connectivity index (χ1) is 32.7. The molecule has 0 saturated carbocycles. The number of unbranched alkanes of at least 4 members (excludes halogenated alkanes) is 8. The average molecular weight is 887 g/mol. The Hall–Kier alpha value is -4.18. The fraction of sp³-hybridized carbons (Fsp3) is 0.581. The van der Waals surface area contributed by atoms with Crippen molar-refractivity contribution in [2.75, 3.05) is 0 Å². The van der Waals surface area contributed by atoms with Crippen molar-refractivity contribution in [2.24, 2.45) is 0 Å². The Labute approximate surface area is 400 Å². The van der Waals surface area contributed by atoms with Crippen LogP contribution in [0.1, 0.15) is 195 Å². The van der Waals surface area contributed by atoms with Gasteiger partial charge < -0.3 is 0 Å². The summed E-state index contributed by atoms with van der Waals surface area (Å²) in [6, 6.07) is 15.1. The minimum atomic E-state index is 1.15. The average Bonchev–Trinajstić information content (AvgIpc) is 3.36. The molecule has 0 aliphatic heterocycles. The summed E-state index contributed by atoms with van der Waals surface area (Å²) < 4.78 is 9.95. The van der Waals surface area contributed by atoms with Gasteiger partial charge in [-0.1, -0.05) is 12.1 Å². The van der Waals surface area contributed by atoms with E-state index in [2.05, 4.69) is 104 Å². The van der Waals surface area contributed by atoms with Crippen LogP contribution in [0, 0.1) is 0 Å². The third-order valence-corrected chi connectivity index (χ3v) is 16.3. The van der Waals surface area contributed by atoms with Crippen LogP contribution in [0.2, 0.25) is 0 Å². The molecule has 0 spiro atoms. The highest BCUT2D eigenvalue weighted by Gasteiger charge is 2.18. The van der Waals surface area contributed by atoms with Gasteiger partial charge in [0, 0.05) is 72.2 Å². The molecule has 0 atom stereocenters. The lowest BCUT2D eigenvalue weighted by Crippen LogP contribution is -2.34. The van der Waals surface area contributed by atoms with E-state index < -0.39 is 0 Å². The Kier molecular flexibility index (Phi) is 17.6. The molecule has 350 valence electrons. The minimum absolute atomic E-state index is 1.15. The van der Waals surface area contributed by atoms with Gasteiger partial charge in [-0.15, -0.1) is 0 Å². The highest BCUT2D eigenvalue weighted by molar-refractivity contribution is 5.39. The number of hydrogen-bond acceptors (Lipinski definition) is 0. The van der Waals surface area contributed by atoms with E-state index in [1.165, 1.54) is 205 Å². The van der Waals surface area contributed by atoms with Gasteiger partial charge in [0.15, 0.2) is 49.6 Å². The number of pyridine rings is 4. The lowest BCUT2D eigenvalue weighted by molar-refractivity contribution is -0.698. The maximum absolute atomic E-state index is 2.74. The molecule has 66 heavy (non-hydrogen) atoms. The molecular weight excluding hydrogens is 801 g/mol. The molecule has 4 heteroatoms. The molecule has 4 heterocycles. The highest BCUT2D eigenvalue weighted by Crippen LogP contribution is 2.27. The standard InChI is InChI=1S/C62H86N4/c1(17-37-63-41-33-51-21-9-13-29-59(51)47-63)5-25-55-45-57(27-7-3-19-39-65-43-35-53-23-11-15-31-61(53)49-65)58(28-8-4-20-40-66-44-36-54-24-12-16-32-62(54)50-66)46-56(55)26-6-2-18-38-64-42-34-52-22-10-14-30-60(52)48-64/h33-36,41-50H,1-32,37-40H2/q+4. The lowest BCUT2D eigenvalue weighted by Gasteiger charge is -2.18. The predicted octanol–water partition coefficient (Wildman–Crippen LogP) is 12.0. The van der Waals surface area contributed by atoms with Crippen LogP contribution >= 0.6 is 0 Å². The molecule has 1 aromatic carbocycles. The van der Waals surface area contributed by atoms with Gasteiger partial charge in [-0.05, 0) is 224 Å². The second-order valence-electron chi connectivity index (χ2n) is 21.4. The number of rotatable bonds is 24. The number of benzene rings is 1. The van der Waals surface area contributed by atoms with Crippen molar-refractivity contribution >= 4 is 0 Å². The van der Waals surface area contributed by atoms with Gasteiger partial charge in [0.05, 0.1) is 0 Å². The summed E-state index contributed by atoms with van der Waals surface area (Å²) in [5.74, 6) is 0. The van der Waals surface area contributed by atoms with Gasteiger partial charge in [0.2, 0.25) is 0 Å². The molecule has 0 N–H and O–H groups in total. The van der Waals surface area contributed by atoms with Crippen LogP contribution in [0.5, 0.6) is 0 Å². The quantitative estimate of drug-likeness (QED) is 0.0433. The van der Waals surface area contributed by atoms with Crippen LogP contribution in [0.25, 0.3) is 0 Å². The number of hydrogen-bond donors (Lipinski definition) is 0. The first kappa shape index (κ1) is 46.9. The van der Waals surface area contributed by atoms with Gasteiger partial charge in [0.25, 0.3) is 0 Å². The zero-order valence-electron chi connectivity index (χ0n) is 41.3. The molecule has 0 saturated heterocycles. The fourth-order valence-electron chi connectivity index (χ4n) is 12.3. The number of fused-ring (bicyclic) bond motifs is 4. The van der Waals surface area contributed by atoms with E-state index >= 15 is 0 Å². The van der Waals surface area contributed by atoms with Gasteiger partial charge >= 0.3 is 0 Å². The highest BCUT2D eigenvalue weighted by atomic mass is 14.9. The smallest absolute Gasteiger partial charge is 0.172 e. The van der Waals surface area contributed by atoms with Crippen LogP contribution in [0.15, 0.2) is 86.0 Å². The molecule has 4 nitrogen and oxygen atoms in total. The summed E-state index contributed by atoms with van der Waals surface area (Å²) in [7, 11) is 0. The first-order valence-electron chi connectivity index (χ1n) is 27.9. The Balaban J connectivity index is 0.840. The van der Waals surface area contributed by atoms with Crippen molar-refractivity contribution < 1.29 is 18.3 Å². The van der Waals surface area contributed by atoms with E-state index in [4.69, 9.17) is 0 Å². The monoisotopic (exact) mass is 887 g/mol. The molecule has 0 unspecified atom stereocenters. The molecule has 4 aliphatic carbocycles. The van der Waals surface area contributed by atoms with E-state index in [1.807, 2.05) is 0 Å². The third-order valence-electron chi connectivity index (χ3n) is 16.3. The molecule has 0 fully saturated rings. The predicted molar refractivity (Wildman–Crippen MR) is 270 cm³/mol. The summed E-state index contributed by atoms with van der Waals surface area (Å²) in [5, 5.41) is 0. The molecular formula is C62H86N4+4. The molecule has 4 aromatic heterocycles. The lowest BCUT2D eigenvalue weighted by atomic mass is 9.88. The summed E-state index contributed by atoms with van der Waals surface area (Å²) >= 11 is 0. The topological polar surface area (TPSA) is 15.5 Å². The van der Waals surface area contributed by atoms with Gasteiger partial charge in [-0.3, -0.25) is 0 Å². The maximum atomic E-state index is 2.74. The summed E-state index contributed by atoms with van der Waals surface area (Å²) in [4.78, 5) is 0. The normalized spacial score (nSPS) is 15.5.